The molecule has 0 fully saturated rings. The molecule has 2 nitrogen and oxygen atoms in total. The summed E-state index contributed by atoms with van der Waals surface area (Å²) < 4.78 is 12.2. The van der Waals surface area contributed by atoms with Crippen LogP contribution in [0.4, 0.5) is 0 Å². The lowest BCUT2D eigenvalue weighted by atomic mass is 10.2. The fraction of sp³-hybridized carbons (Fsp3) is 0.538. The van der Waals surface area contributed by atoms with E-state index in [4.69, 9.17) is 9.47 Å². The molecule has 0 aliphatic heterocycles. The van der Waals surface area contributed by atoms with Crippen LogP contribution in [0, 0.1) is 0 Å². The molecule has 17 heavy (non-hydrogen) atoms. The first-order valence-corrected chi connectivity index (χ1v) is 7.74. The van der Waals surface area contributed by atoms with Gasteiger partial charge in [-0.1, -0.05) is 45.2 Å². The van der Waals surface area contributed by atoms with Crippen LogP contribution in [-0.4, -0.2) is 19.8 Å². The van der Waals surface area contributed by atoms with E-state index in [0.717, 1.165) is 34.1 Å². The van der Waals surface area contributed by atoms with Gasteiger partial charge in [0.2, 0.25) is 0 Å². The van der Waals surface area contributed by atoms with Crippen molar-refractivity contribution in [3.05, 3.63) is 28.2 Å². The van der Waals surface area contributed by atoms with Gasteiger partial charge in [0, 0.05) is 22.0 Å². The Morgan fingerprint density at radius 2 is 2.00 bits per heavy atom. The number of ether oxygens (including phenoxy) is 2. The average molecular weight is 366 g/mol. The summed E-state index contributed by atoms with van der Waals surface area (Å²) in [4.78, 5) is 0. The van der Waals surface area contributed by atoms with E-state index < -0.39 is 0 Å². The lowest BCUT2D eigenvalue weighted by Crippen LogP contribution is -2.08. The lowest BCUT2D eigenvalue weighted by molar-refractivity contribution is 0.0978. The molecule has 0 saturated carbocycles. The van der Waals surface area contributed by atoms with Crippen LogP contribution in [0.5, 0.6) is 5.75 Å². The molecule has 1 aromatic rings. The van der Waals surface area contributed by atoms with Gasteiger partial charge in [-0.25, -0.2) is 0 Å². The maximum atomic E-state index is 5.69. The maximum Gasteiger partial charge on any atom is 0.123 e. The van der Waals surface area contributed by atoms with E-state index >= 15 is 0 Å². The van der Waals surface area contributed by atoms with Crippen LogP contribution in [0.1, 0.15) is 25.3 Å². The molecule has 0 aromatic heterocycles. The Labute approximate surface area is 120 Å². The Hall–Kier alpha value is -0.0600. The molecule has 0 saturated heterocycles. The summed E-state index contributed by atoms with van der Waals surface area (Å²) in [6.07, 6.45) is 2.28. The SMILES string of the molecule is CCCCOCCOc1ccc(Br)cc1CBr. The number of halogens is 2. The summed E-state index contributed by atoms with van der Waals surface area (Å²) in [5, 5.41) is 0.790. The largest absolute Gasteiger partial charge is 0.491 e. The first-order valence-electron chi connectivity index (χ1n) is 5.83. The van der Waals surface area contributed by atoms with Gasteiger partial charge in [0.1, 0.15) is 12.4 Å². The van der Waals surface area contributed by atoms with Crippen LogP contribution in [0.2, 0.25) is 0 Å². The molecule has 0 spiro atoms. The van der Waals surface area contributed by atoms with Gasteiger partial charge >= 0.3 is 0 Å². The molecule has 4 heteroatoms. The molecule has 1 aromatic carbocycles. The van der Waals surface area contributed by atoms with E-state index in [-0.39, 0.29) is 0 Å². The maximum absolute atomic E-state index is 5.69. The Bertz CT molecular complexity index is 329. The van der Waals surface area contributed by atoms with Gasteiger partial charge in [0.05, 0.1) is 6.61 Å². The molecule has 0 amide bonds. The summed E-state index contributed by atoms with van der Waals surface area (Å²) in [5.41, 5.74) is 1.15. The number of benzene rings is 1. The molecule has 0 N–H and O–H groups in total. The third kappa shape index (κ3) is 5.89. The highest BCUT2D eigenvalue weighted by Gasteiger charge is 2.03. The number of hydrogen-bond acceptors (Lipinski definition) is 2. The van der Waals surface area contributed by atoms with Crippen LogP contribution >= 0.6 is 31.9 Å². The Morgan fingerprint density at radius 1 is 1.18 bits per heavy atom. The van der Waals surface area contributed by atoms with Crippen LogP contribution < -0.4 is 4.74 Å². The third-order valence-electron chi connectivity index (χ3n) is 2.29. The molecule has 96 valence electrons. The van der Waals surface area contributed by atoms with Gasteiger partial charge in [-0.05, 0) is 24.6 Å². The van der Waals surface area contributed by atoms with Gasteiger partial charge in [-0.2, -0.15) is 0 Å². The minimum absolute atomic E-state index is 0.603. The molecule has 0 aliphatic rings. The smallest absolute Gasteiger partial charge is 0.123 e. The fourth-order valence-corrected chi connectivity index (χ4v) is 2.20. The van der Waals surface area contributed by atoms with E-state index in [1.165, 1.54) is 6.42 Å². The second-order valence-corrected chi connectivity index (χ2v) is 5.18. The van der Waals surface area contributed by atoms with Gasteiger partial charge in [-0.15, -0.1) is 0 Å². The molecule has 0 heterocycles. The topological polar surface area (TPSA) is 18.5 Å². The second-order valence-electron chi connectivity index (χ2n) is 3.70. The minimum Gasteiger partial charge on any atom is -0.491 e. The van der Waals surface area contributed by atoms with E-state index in [9.17, 15) is 0 Å². The fourth-order valence-electron chi connectivity index (χ4n) is 1.35. The Kier molecular flexibility index (Phi) is 7.90. The van der Waals surface area contributed by atoms with Crippen molar-refractivity contribution in [3.8, 4) is 5.75 Å². The molecular weight excluding hydrogens is 348 g/mol. The van der Waals surface area contributed by atoms with Crippen molar-refractivity contribution in [2.24, 2.45) is 0 Å². The van der Waals surface area contributed by atoms with Crippen LogP contribution in [0.15, 0.2) is 22.7 Å². The van der Waals surface area contributed by atoms with Crippen LogP contribution in [0.3, 0.4) is 0 Å². The van der Waals surface area contributed by atoms with Crippen LogP contribution in [0.25, 0.3) is 0 Å². The zero-order valence-corrected chi connectivity index (χ0v) is 13.2. The van der Waals surface area contributed by atoms with Gasteiger partial charge in [0.25, 0.3) is 0 Å². The Balaban J connectivity index is 2.31. The normalized spacial score (nSPS) is 10.5. The highest BCUT2D eigenvalue weighted by Crippen LogP contribution is 2.25. The summed E-state index contributed by atoms with van der Waals surface area (Å²) in [7, 11) is 0. The van der Waals surface area contributed by atoms with Crippen molar-refractivity contribution >= 4 is 31.9 Å². The summed E-state index contributed by atoms with van der Waals surface area (Å²) in [6.45, 7) is 4.23. The summed E-state index contributed by atoms with van der Waals surface area (Å²) in [5.74, 6) is 0.921. The van der Waals surface area contributed by atoms with E-state index in [0.29, 0.717) is 13.2 Å². The lowest BCUT2D eigenvalue weighted by Gasteiger charge is -2.10. The standard InChI is InChI=1S/C13H18Br2O2/c1-2-3-6-16-7-8-17-13-5-4-12(15)9-11(13)10-14/h4-5,9H,2-3,6-8,10H2,1H3. The zero-order valence-electron chi connectivity index (χ0n) is 10.0. The van der Waals surface area contributed by atoms with Crippen molar-refractivity contribution < 1.29 is 9.47 Å². The first-order chi connectivity index (χ1) is 8.27. The molecule has 0 radical (unpaired) electrons. The molecule has 1 rings (SSSR count). The second kappa shape index (κ2) is 8.95. The van der Waals surface area contributed by atoms with E-state index in [2.05, 4.69) is 44.8 Å². The van der Waals surface area contributed by atoms with Gasteiger partial charge in [0.15, 0.2) is 0 Å². The van der Waals surface area contributed by atoms with Crippen molar-refractivity contribution in [1.29, 1.82) is 0 Å². The van der Waals surface area contributed by atoms with Crippen molar-refractivity contribution in [2.45, 2.75) is 25.1 Å². The van der Waals surface area contributed by atoms with Gasteiger partial charge < -0.3 is 9.47 Å². The van der Waals surface area contributed by atoms with Crippen molar-refractivity contribution in [2.75, 3.05) is 19.8 Å². The first kappa shape index (κ1) is 15.0. The van der Waals surface area contributed by atoms with Crippen molar-refractivity contribution in [3.63, 3.8) is 0 Å². The zero-order chi connectivity index (χ0) is 12.5. The third-order valence-corrected chi connectivity index (χ3v) is 3.39. The molecule has 0 aliphatic carbocycles. The number of alkyl halides is 1. The number of unbranched alkanes of at least 4 members (excludes halogenated alkanes) is 1. The summed E-state index contributed by atoms with van der Waals surface area (Å²) in [6, 6.07) is 6.02. The quantitative estimate of drug-likeness (QED) is 0.497. The molecule has 0 atom stereocenters. The minimum atomic E-state index is 0.603. The van der Waals surface area contributed by atoms with Crippen molar-refractivity contribution in [1.82, 2.24) is 0 Å². The van der Waals surface area contributed by atoms with Gasteiger partial charge in [-0.3, -0.25) is 0 Å². The van der Waals surface area contributed by atoms with E-state index in [1.807, 2.05) is 12.1 Å². The number of hydrogen-bond donors (Lipinski definition) is 0. The molecule has 0 unspecified atom stereocenters. The Morgan fingerprint density at radius 3 is 2.71 bits per heavy atom. The highest BCUT2D eigenvalue weighted by molar-refractivity contribution is 9.10. The van der Waals surface area contributed by atoms with Crippen LogP contribution in [-0.2, 0) is 10.1 Å². The van der Waals surface area contributed by atoms with E-state index in [1.54, 1.807) is 0 Å². The predicted octanol–water partition coefficient (Wildman–Crippen LogP) is 4.54. The average Bonchev–Trinajstić information content (AvgIpc) is 2.35. The summed E-state index contributed by atoms with van der Waals surface area (Å²) >= 11 is 6.90. The number of rotatable bonds is 8. The molecule has 0 bridgehead atoms. The molecular formula is C13H18Br2O2. The monoisotopic (exact) mass is 364 g/mol. The predicted molar refractivity (Wildman–Crippen MR) is 78.0 cm³/mol. The highest BCUT2D eigenvalue weighted by atomic mass is 79.9.